The summed E-state index contributed by atoms with van der Waals surface area (Å²) >= 11 is 0. The van der Waals surface area contributed by atoms with Gasteiger partial charge >= 0.3 is 0 Å². The van der Waals surface area contributed by atoms with Crippen molar-refractivity contribution in [3.63, 3.8) is 0 Å². The molecule has 110 valence electrons. The molecule has 0 atom stereocenters. The minimum Gasteiger partial charge on any atom is -0.484 e. The van der Waals surface area contributed by atoms with Crippen molar-refractivity contribution in [1.29, 1.82) is 0 Å². The van der Waals surface area contributed by atoms with E-state index in [2.05, 4.69) is 76.3 Å². The number of allylic oxidation sites excluding steroid dienone is 3. The lowest BCUT2D eigenvalue weighted by Crippen LogP contribution is -2.25. The van der Waals surface area contributed by atoms with Crippen molar-refractivity contribution in [2.75, 3.05) is 0 Å². The highest BCUT2D eigenvalue weighted by molar-refractivity contribution is 5.28. The predicted molar refractivity (Wildman–Crippen MR) is 88.3 cm³/mol. The minimum absolute atomic E-state index is 0.262. The van der Waals surface area contributed by atoms with Crippen LogP contribution in [0.15, 0.2) is 48.6 Å². The molecule has 0 unspecified atom stereocenters. The van der Waals surface area contributed by atoms with E-state index in [1.54, 1.807) is 0 Å². The quantitative estimate of drug-likeness (QED) is 0.435. The van der Waals surface area contributed by atoms with Gasteiger partial charge in [0.25, 0.3) is 0 Å². The first kappa shape index (κ1) is 16.6. The van der Waals surface area contributed by atoms with Crippen molar-refractivity contribution < 1.29 is 4.74 Å². The van der Waals surface area contributed by atoms with E-state index in [-0.39, 0.29) is 5.60 Å². The minimum atomic E-state index is -0.262. The van der Waals surface area contributed by atoms with Gasteiger partial charge in [-0.05, 0) is 63.3 Å². The molecule has 0 aliphatic carbocycles. The topological polar surface area (TPSA) is 9.23 Å². The second-order valence-electron chi connectivity index (χ2n) is 5.56. The van der Waals surface area contributed by atoms with Gasteiger partial charge in [0.05, 0.1) is 0 Å². The third-order valence-electron chi connectivity index (χ3n) is 3.13. The number of ether oxygens (including phenoxy) is 1. The SMILES string of the molecule is CC/C=C/CC/C=C/C(C)(C)Oc1ccc(CC)cc1. The van der Waals surface area contributed by atoms with Gasteiger partial charge in [-0.2, -0.15) is 0 Å². The summed E-state index contributed by atoms with van der Waals surface area (Å²) in [6, 6.07) is 8.37. The molecule has 0 N–H and O–H groups in total. The van der Waals surface area contributed by atoms with Crippen LogP contribution in [0.1, 0.15) is 52.5 Å². The number of hydrogen-bond donors (Lipinski definition) is 0. The third-order valence-corrected chi connectivity index (χ3v) is 3.13. The Morgan fingerprint density at radius 1 is 0.950 bits per heavy atom. The van der Waals surface area contributed by atoms with E-state index in [1.165, 1.54) is 5.56 Å². The van der Waals surface area contributed by atoms with Gasteiger partial charge < -0.3 is 4.74 Å². The molecule has 0 aromatic heterocycles. The number of aryl methyl sites for hydroxylation is 1. The summed E-state index contributed by atoms with van der Waals surface area (Å²) in [5.41, 5.74) is 1.08. The fraction of sp³-hybridized carbons (Fsp3) is 0.474. The van der Waals surface area contributed by atoms with Crippen molar-refractivity contribution in [2.24, 2.45) is 0 Å². The fourth-order valence-corrected chi connectivity index (χ4v) is 1.98. The van der Waals surface area contributed by atoms with E-state index in [1.807, 2.05) is 0 Å². The van der Waals surface area contributed by atoms with Gasteiger partial charge in [-0.15, -0.1) is 0 Å². The molecule has 0 spiro atoms. The molecule has 1 nitrogen and oxygen atoms in total. The Balaban J connectivity index is 2.46. The van der Waals surface area contributed by atoms with Gasteiger partial charge in [0.1, 0.15) is 11.4 Å². The molecule has 0 amide bonds. The van der Waals surface area contributed by atoms with Gasteiger partial charge in [-0.25, -0.2) is 0 Å². The number of benzene rings is 1. The Kier molecular flexibility index (Phi) is 7.14. The molecule has 1 rings (SSSR count). The van der Waals surface area contributed by atoms with Crippen LogP contribution in [0, 0.1) is 0 Å². The molecule has 0 saturated heterocycles. The standard InChI is InChI=1S/C19H28O/c1-5-7-8-9-10-11-16-19(3,4)20-18-14-12-17(6-2)13-15-18/h7-8,11-16H,5-6,9-10H2,1-4H3/b8-7+,16-11+. The van der Waals surface area contributed by atoms with Crippen LogP contribution in [-0.2, 0) is 6.42 Å². The summed E-state index contributed by atoms with van der Waals surface area (Å²) in [5.74, 6) is 0.933. The molecule has 1 aromatic carbocycles. The van der Waals surface area contributed by atoms with Crippen molar-refractivity contribution in [3.05, 3.63) is 54.1 Å². The Morgan fingerprint density at radius 2 is 1.60 bits per heavy atom. The molecule has 0 saturated carbocycles. The Hall–Kier alpha value is -1.50. The van der Waals surface area contributed by atoms with Crippen LogP contribution in [-0.4, -0.2) is 5.60 Å². The maximum atomic E-state index is 6.02. The zero-order valence-electron chi connectivity index (χ0n) is 13.4. The molecule has 0 fully saturated rings. The zero-order chi connectivity index (χ0) is 14.8. The number of unbranched alkanes of at least 4 members (excludes halogenated alkanes) is 1. The summed E-state index contributed by atoms with van der Waals surface area (Å²) in [5, 5.41) is 0. The average molecular weight is 272 g/mol. The molecule has 0 bridgehead atoms. The largest absolute Gasteiger partial charge is 0.484 e. The molecular formula is C19H28O. The maximum Gasteiger partial charge on any atom is 0.122 e. The van der Waals surface area contributed by atoms with E-state index < -0.39 is 0 Å². The maximum absolute atomic E-state index is 6.02. The van der Waals surface area contributed by atoms with E-state index in [4.69, 9.17) is 4.74 Å². The van der Waals surface area contributed by atoms with Gasteiger partial charge in [0, 0.05) is 0 Å². The van der Waals surface area contributed by atoms with Crippen LogP contribution in [0.5, 0.6) is 5.75 Å². The first-order valence-corrected chi connectivity index (χ1v) is 7.68. The zero-order valence-corrected chi connectivity index (χ0v) is 13.4. The molecule has 20 heavy (non-hydrogen) atoms. The highest BCUT2D eigenvalue weighted by Crippen LogP contribution is 2.20. The summed E-state index contributed by atoms with van der Waals surface area (Å²) < 4.78 is 6.02. The molecule has 0 aliphatic rings. The van der Waals surface area contributed by atoms with Gasteiger partial charge in [0.15, 0.2) is 0 Å². The predicted octanol–water partition coefficient (Wildman–Crippen LogP) is 5.71. The Bertz CT molecular complexity index is 424. The molecule has 1 heteroatoms. The van der Waals surface area contributed by atoms with Crippen LogP contribution in [0.3, 0.4) is 0 Å². The monoisotopic (exact) mass is 272 g/mol. The fourth-order valence-electron chi connectivity index (χ4n) is 1.98. The van der Waals surface area contributed by atoms with Crippen molar-refractivity contribution >= 4 is 0 Å². The average Bonchev–Trinajstić information content (AvgIpc) is 2.43. The van der Waals surface area contributed by atoms with Crippen molar-refractivity contribution in [2.45, 2.75) is 59.0 Å². The number of rotatable bonds is 8. The summed E-state index contributed by atoms with van der Waals surface area (Å²) in [7, 11) is 0. The highest BCUT2D eigenvalue weighted by atomic mass is 16.5. The van der Waals surface area contributed by atoms with Gasteiger partial charge in [-0.3, -0.25) is 0 Å². The molecule has 0 heterocycles. The van der Waals surface area contributed by atoms with E-state index in [0.717, 1.165) is 31.4 Å². The van der Waals surface area contributed by atoms with Crippen LogP contribution < -0.4 is 4.74 Å². The van der Waals surface area contributed by atoms with Gasteiger partial charge in [-0.1, -0.05) is 44.2 Å². The van der Waals surface area contributed by atoms with Crippen LogP contribution in [0.25, 0.3) is 0 Å². The first-order chi connectivity index (χ1) is 9.57. The lowest BCUT2D eigenvalue weighted by atomic mass is 10.1. The van der Waals surface area contributed by atoms with E-state index >= 15 is 0 Å². The first-order valence-electron chi connectivity index (χ1n) is 7.68. The second kappa shape index (κ2) is 8.63. The van der Waals surface area contributed by atoms with Crippen molar-refractivity contribution in [3.8, 4) is 5.75 Å². The molecule has 0 aliphatic heterocycles. The molecule has 1 aromatic rings. The lowest BCUT2D eigenvalue weighted by Gasteiger charge is -2.23. The summed E-state index contributed by atoms with van der Waals surface area (Å²) in [6.45, 7) is 8.51. The van der Waals surface area contributed by atoms with Crippen molar-refractivity contribution in [1.82, 2.24) is 0 Å². The van der Waals surface area contributed by atoms with Crippen LogP contribution >= 0.6 is 0 Å². The van der Waals surface area contributed by atoms with E-state index in [9.17, 15) is 0 Å². The second-order valence-corrected chi connectivity index (χ2v) is 5.56. The smallest absolute Gasteiger partial charge is 0.122 e. The molecule has 0 radical (unpaired) electrons. The third kappa shape index (κ3) is 6.60. The molecular weight excluding hydrogens is 244 g/mol. The van der Waals surface area contributed by atoms with Crippen LogP contribution in [0.4, 0.5) is 0 Å². The summed E-state index contributed by atoms with van der Waals surface area (Å²) in [6.07, 6.45) is 13.2. The van der Waals surface area contributed by atoms with Gasteiger partial charge in [0.2, 0.25) is 0 Å². The highest BCUT2D eigenvalue weighted by Gasteiger charge is 2.15. The summed E-state index contributed by atoms with van der Waals surface area (Å²) in [4.78, 5) is 0. The Morgan fingerprint density at radius 3 is 2.20 bits per heavy atom. The normalized spacial score (nSPS) is 12.4. The number of hydrogen-bond acceptors (Lipinski definition) is 1. The lowest BCUT2D eigenvalue weighted by molar-refractivity contribution is 0.161. The van der Waals surface area contributed by atoms with Crippen LogP contribution in [0.2, 0.25) is 0 Å². The Labute approximate surface area is 124 Å². The van der Waals surface area contributed by atoms with E-state index in [0.29, 0.717) is 0 Å².